The van der Waals surface area contributed by atoms with Crippen molar-refractivity contribution in [1.29, 1.82) is 0 Å². The average molecular weight is 403 g/mol. The lowest BCUT2D eigenvalue weighted by atomic mass is 10.1. The first-order chi connectivity index (χ1) is 14.5. The Morgan fingerprint density at radius 3 is 2.63 bits per heavy atom. The van der Waals surface area contributed by atoms with Gasteiger partial charge in [0, 0.05) is 22.7 Å². The molecular weight excluding hydrogens is 382 g/mol. The number of fused-ring (bicyclic) bond motifs is 3. The van der Waals surface area contributed by atoms with Gasteiger partial charge in [-0.15, -0.1) is 0 Å². The van der Waals surface area contributed by atoms with Crippen molar-refractivity contribution in [2.75, 3.05) is 6.61 Å². The van der Waals surface area contributed by atoms with Gasteiger partial charge < -0.3 is 20.1 Å². The Morgan fingerprint density at radius 1 is 1.10 bits per heavy atom. The van der Waals surface area contributed by atoms with Crippen LogP contribution in [0.5, 0.6) is 5.75 Å². The van der Waals surface area contributed by atoms with Gasteiger partial charge in [-0.05, 0) is 36.8 Å². The highest BCUT2D eigenvalue weighted by Gasteiger charge is 2.24. The number of rotatable bonds is 6. The lowest BCUT2D eigenvalue weighted by Crippen LogP contribution is -2.43. The first-order valence-corrected chi connectivity index (χ1v) is 9.67. The van der Waals surface area contributed by atoms with Gasteiger partial charge in [0.05, 0.1) is 18.3 Å². The highest BCUT2D eigenvalue weighted by molar-refractivity contribution is 6.09. The summed E-state index contributed by atoms with van der Waals surface area (Å²) in [4.78, 5) is 32.8. The molecule has 0 fully saturated rings. The van der Waals surface area contributed by atoms with E-state index in [0.29, 0.717) is 0 Å². The number of aromatic amines is 1. The summed E-state index contributed by atoms with van der Waals surface area (Å²) in [6, 6.07) is 15.1. The number of nitrogens with one attached hydrogen (secondary N) is 2. The van der Waals surface area contributed by atoms with Crippen molar-refractivity contribution in [3.63, 3.8) is 0 Å². The zero-order valence-electron chi connectivity index (χ0n) is 16.4. The van der Waals surface area contributed by atoms with Crippen LogP contribution in [0.2, 0.25) is 0 Å². The van der Waals surface area contributed by atoms with E-state index in [2.05, 4.69) is 15.3 Å². The van der Waals surface area contributed by atoms with Gasteiger partial charge in [-0.1, -0.05) is 30.3 Å². The van der Waals surface area contributed by atoms with Crippen LogP contribution in [0.15, 0.2) is 60.8 Å². The van der Waals surface area contributed by atoms with Crippen LogP contribution in [-0.4, -0.2) is 39.6 Å². The maximum absolute atomic E-state index is 12.9. The molecule has 152 valence electrons. The molecule has 0 unspecified atom stereocenters. The van der Waals surface area contributed by atoms with Gasteiger partial charge in [0.25, 0.3) is 5.91 Å². The van der Waals surface area contributed by atoms with E-state index >= 15 is 0 Å². The molecule has 0 saturated carbocycles. The number of amides is 1. The Morgan fingerprint density at radius 2 is 1.87 bits per heavy atom. The summed E-state index contributed by atoms with van der Waals surface area (Å²) < 4.78 is 5.12. The Kier molecular flexibility index (Phi) is 5.34. The fraction of sp³-hybridized carbons (Fsp3) is 0.174. The van der Waals surface area contributed by atoms with E-state index in [9.17, 15) is 14.7 Å². The van der Waals surface area contributed by atoms with E-state index in [4.69, 9.17) is 4.74 Å². The van der Waals surface area contributed by atoms with Crippen molar-refractivity contribution in [3.05, 3.63) is 72.1 Å². The zero-order chi connectivity index (χ0) is 21.1. The van der Waals surface area contributed by atoms with Crippen LogP contribution in [-0.2, 0) is 16.0 Å². The Balaban J connectivity index is 1.60. The van der Waals surface area contributed by atoms with E-state index < -0.39 is 17.9 Å². The molecule has 2 aromatic heterocycles. The molecule has 0 saturated heterocycles. The fourth-order valence-corrected chi connectivity index (χ4v) is 3.41. The van der Waals surface area contributed by atoms with Gasteiger partial charge in [-0.25, -0.2) is 9.78 Å². The van der Waals surface area contributed by atoms with E-state index in [1.165, 1.54) is 12.1 Å². The van der Waals surface area contributed by atoms with E-state index in [1.807, 2.05) is 24.3 Å². The summed E-state index contributed by atoms with van der Waals surface area (Å²) in [6.07, 6.45) is 1.85. The van der Waals surface area contributed by atoms with Crippen molar-refractivity contribution in [3.8, 4) is 5.75 Å². The quantitative estimate of drug-likeness (QED) is 0.429. The lowest BCUT2D eigenvalue weighted by Gasteiger charge is -2.17. The predicted octanol–water partition coefficient (Wildman–Crippen LogP) is 3.33. The van der Waals surface area contributed by atoms with Gasteiger partial charge in [0.1, 0.15) is 17.5 Å². The number of carbonyl (C=O) groups is 2. The number of ether oxygens (including phenoxy) is 1. The number of phenols is 1. The molecule has 0 aliphatic heterocycles. The number of aromatic nitrogens is 2. The Hall–Kier alpha value is -3.87. The molecule has 2 aromatic carbocycles. The normalized spacial score (nSPS) is 12.0. The van der Waals surface area contributed by atoms with Gasteiger partial charge >= 0.3 is 5.97 Å². The number of phenolic OH excluding ortho intramolecular Hbond substituents is 1. The maximum atomic E-state index is 12.9. The second-order valence-electron chi connectivity index (χ2n) is 6.93. The molecule has 3 N–H and O–H groups in total. The fourth-order valence-electron chi connectivity index (χ4n) is 3.41. The molecule has 2 heterocycles. The summed E-state index contributed by atoms with van der Waals surface area (Å²) in [5.74, 6) is -0.849. The molecule has 0 aliphatic rings. The molecule has 7 heteroatoms. The average Bonchev–Trinajstić information content (AvgIpc) is 3.13. The van der Waals surface area contributed by atoms with E-state index in [1.54, 1.807) is 31.3 Å². The molecule has 0 aliphatic carbocycles. The number of aromatic hydroxyl groups is 1. The second kappa shape index (κ2) is 8.24. The SMILES string of the molecule is CCOC(=O)[C@@H](Cc1ccc(O)cc1)NC(=O)c1cc2c(cn1)[nH]c1ccccc12. The molecule has 1 atom stereocenters. The van der Waals surface area contributed by atoms with Crippen molar-refractivity contribution < 1.29 is 19.4 Å². The molecule has 7 nitrogen and oxygen atoms in total. The van der Waals surface area contributed by atoms with Crippen LogP contribution in [0, 0.1) is 0 Å². The van der Waals surface area contributed by atoms with Gasteiger partial charge in [-0.3, -0.25) is 4.79 Å². The van der Waals surface area contributed by atoms with Crippen LogP contribution >= 0.6 is 0 Å². The zero-order valence-corrected chi connectivity index (χ0v) is 16.4. The smallest absolute Gasteiger partial charge is 0.328 e. The molecule has 1 amide bonds. The number of pyridine rings is 1. The summed E-state index contributed by atoms with van der Waals surface area (Å²) in [6.45, 7) is 1.92. The summed E-state index contributed by atoms with van der Waals surface area (Å²) in [7, 11) is 0. The largest absolute Gasteiger partial charge is 0.508 e. The molecule has 0 spiro atoms. The summed E-state index contributed by atoms with van der Waals surface area (Å²) >= 11 is 0. The first-order valence-electron chi connectivity index (χ1n) is 9.67. The van der Waals surface area contributed by atoms with Crippen molar-refractivity contribution in [2.24, 2.45) is 0 Å². The summed E-state index contributed by atoms with van der Waals surface area (Å²) in [5.41, 5.74) is 2.79. The first kappa shape index (κ1) is 19.4. The number of hydrogen-bond donors (Lipinski definition) is 3. The van der Waals surface area contributed by atoms with Gasteiger partial charge in [0.2, 0.25) is 0 Å². The van der Waals surface area contributed by atoms with E-state index in [0.717, 1.165) is 27.4 Å². The third kappa shape index (κ3) is 3.96. The third-order valence-corrected chi connectivity index (χ3v) is 4.88. The molecule has 30 heavy (non-hydrogen) atoms. The van der Waals surface area contributed by atoms with E-state index in [-0.39, 0.29) is 24.5 Å². The highest BCUT2D eigenvalue weighted by atomic mass is 16.5. The number of H-pyrrole nitrogens is 1. The van der Waals surface area contributed by atoms with Crippen LogP contribution < -0.4 is 5.32 Å². The van der Waals surface area contributed by atoms with Crippen LogP contribution in [0.25, 0.3) is 21.8 Å². The van der Waals surface area contributed by atoms with Crippen molar-refractivity contribution in [2.45, 2.75) is 19.4 Å². The van der Waals surface area contributed by atoms with Crippen LogP contribution in [0.3, 0.4) is 0 Å². The number of para-hydroxylation sites is 1. The number of esters is 1. The molecule has 0 radical (unpaired) electrons. The van der Waals surface area contributed by atoms with Gasteiger partial charge in [-0.2, -0.15) is 0 Å². The number of hydrogen-bond acceptors (Lipinski definition) is 5. The molecule has 4 aromatic rings. The minimum Gasteiger partial charge on any atom is -0.508 e. The predicted molar refractivity (Wildman–Crippen MR) is 113 cm³/mol. The maximum Gasteiger partial charge on any atom is 0.328 e. The Bertz CT molecular complexity index is 1210. The molecule has 4 rings (SSSR count). The minimum atomic E-state index is -0.873. The topological polar surface area (TPSA) is 104 Å². The number of benzene rings is 2. The summed E-state index contributed by atoms with van der Waals surface area (Å²) in [5, 5.41) is 14.1. The lowest BCUT2D eigenvalue weighted by molar-refractivity contribution is -0.145. The van der Waals surface area contributed by atoms with Crippen molar-refractivity contribution in [1.82, 2.24) is 15.3 Å². The third-order valence-electron chi connectivity index (χ3n) is 4.88. The number of carbonyl (C=O) groups excluding carboxylic acids is 2. The highest BCUT2D eigenvalue weighted by Crippen LogP contribution is 2.25. The standard InChI is InChI=1S/C23H21N3O4/c1-2-30-23(29)20(11-14-7-9-15(27)10-8-14)26-22(28)19-12-17-16-5-3-4-6-18(16)25-21(17)13-24-19/h3-10,12-13,20,25,27H,2,11H2,1H3,(H,26,28)/t20-/m1/s1. The second-order valence-corrected chi connectivity index (χ2v) is 6.93. The van der Waals surface area contributed by atoms with Crippen LogP contribution in [0.4, 0.5) is 0 Å². The molecular formula is C23H21N3O4. The monoisotopic (exact) mass is 403 g/mol. The minimum absolute atomic E-state index is 0.131. The van der Waals surface area contributed by atoms with Crippen molar-refractivity contribution >= 4 is 33.7 Å². The molecule has 0 bridgehead atoms. The number of nitrogens with zero attached hydrogens (tertiary/aromatic N) is 1. The van der Waals surface area contributed by atoms with Gasteiger partial charge in [0.15, 0.2) is 0 Å². The Labute approximate surface area is 172 Å². The van der Waals surface area contributed by atoms with Crippen LogP contribution in [0.1, 0.15) is 23.0 Å².